The van der Waals surface area contributed by atoms with Crippen LogP contribution in [0, 0.1) is 5.82 Å². The Balaban J connectivity index is 1.67. The van der Waals surface area contributed by atoms with Crippen LogP contribution in [0.4, 0.5) is 15.8 Å². The molecular weight excluding hydrogens is 563 g/mol. The number of primary sulfonamides is 1. The Morgan fingerprint density at radius 3 is 2.08 bits per heavy atom. The number of halogens is 1. The molecule has 1 atom stereocenters. The quantitative estimate of drug-likeness (QED) is 0.361. The standard InChI is InChI=1S/C26H25FN4O7S2/c1-17(32)29-20-6-12-23(13-7-20)40(37,38)30(15-14-18-2-10-22(11-3-18)39(28,35)36)24-16-25(33)31(26(24)34)21-8-4-19(27)5-9-21/h2-13,24H,14-16H2,1H3,(H,29,32)(H2,28,35,36). The molecule has 0 spiro atoms. The smallest absolute Gasteiger partial charge is 0.252 e. The van der Waals surface area contributed by atoms with E-state index in [2.05, 4.69) is 5.32 Å². The highest BCUT2D eigenvalue weighted by molar-refractivity contribution is 7.89. The first kappa shape index (κ1) is 29.0. The van der Waals surface area contributed by atoms with Gasteiger partial charge >= 0.3 is 0 Å². The molecule has 11 nitrogen and oxygen atoms in total. The third-order valence-electron chi connectivity index (χ3n) is 6.21. The van der Waals surface area contributed by atoms with Crippen LogP contribution in [0.3, 0.4) is 0 Å². The summed E-state index contributed by atoms with van der Waals surface area (Å²) in [6.07, 6.45) is -0.369. The van der Waals surface area contributed by atoms with E-state index >= 15 is 0 Å². The number of carbonyl (C=O) groups is 3. The summed E-state index contributed by atoms with van der Waals surface area (Å²) in [4.78, 5) is 38.2. The fourth-order valence-electron chi connectivity index (χ4n) is 4.28. The van der Waals surface area contributed by atoms with E-state index in [9.17, 15) is 35.6 Å². The van der Waals surface area contributed by atoms with E-state index in [0.29, 0.717) is 11.3 Å². The SMILES string of the molecule is CC(=O)Nc1ccc(S(=O)(=O)N(CCc2ccc(S(N)(=O)=O)cc2)C2CC(=O)N(c3ccc(F)cc3)C2=O)cc1. The van der Waals surface area contributed by atoms with Gasteiger partial charge in [-0.1, -0.05) is 12.1 Å². The van der Waals surface area contributed by atoms with E-state index in [1.807, 2.05) is 0 Å². The molecule has 1 saturated heterocycles. The highest BCUT2D eigenvalue weighted by atomic mass is 32.2. The molecular formula is C26H25FN4O7S2. The van der Waals surface area contributed by atoms with Gasteiger partial charge in [0.1, 0.15) is 11.9 Å². The Bertz CT molecular complexity index is 1660. The summed E-state index contributed by atoms with van der Waals surface area (Å²) in [7, 11) is -8.28. The van der Waals surface area contributed by atoms with Crippen molar-refractivity contribution in [1.82, 2.24) is 4.31 Å². The zero-order valence-electron chi connectivity index (χ0n) is 21.2. The summed E-state index contributed by atoms with van der Waals surface area (Å²) in [5.41, 5.74) is 1.03. The minimum atomic E-state index is -4.35. The van der Waals surface area contributed by atoms with Gasteiger partial charge in [0.15, 0.2) is 0 Å². The third kappa shape index (κ3) is 6.25. The summed E-state index contributed by atoms with van der Waals surface area (Å²) in [6.45, 7) is 1.07. The van der Waals surface area contributed by atoms with Crippen molar-refractivity contribution in [2.75, 3.05) is 16.8 Å². The second-order valence-electron chi connectivity index (χ2n) is 9.02. The number of nitrogens with zero attached hydrogens (tertiary/aromatic N) is 2. The van der Waals surface area contributed by atoms with Gasteiger partial charge in [0, 0.05) is 19.2 Å². The van der Waals surface area contributed by atoms with Crippen LogP contribution in [0.25, 0.3) is 0 Å². The van der Waals surface area contributed by atoms with Crippen LogP contribution in [0.1, 0.15) is 18.9 Å². The molecule has 0 radical (unpaired) electrons. The lowest BCUT2D eigenvalue weighted by Gasteiger charge is -2.27. The largest absolute Gasteiger partial charge is 0.326 e. The molecule has 4 rings (SSSR count). The Labute approximate surface area is 230 Å². The van der Waals surface area contributed by atoms with E-state index in [4.69, 9.17) is 5.14 Å². The average Bonchev–Trinajstić information content (AvgIpc) is 3.17. The molecule has 0 bridgehead atoms. The van der Waals surface area contributed by atoms with Gasteiger partial charge in [-0.15, -0.1) is 0 Å². The zero-order valence-corrected chi connectivity index (χ0v) is 22.8. The van der Waals surface area contributed by atoms with E-state index in [0.717, 1.165) is 21.3 Å². The van der Waals surface area contributed by atoms with Crippen molar-refractivity contribution < 1.29 is 35.6 Å². The molecule has 40 heavy (non-hydrogen) atoms. The molecule has 210 valence electrons. The Kier molecular flexibility index (Phi) is 8.16. The molecule has 1 aliphatic rings. The summed E-state index contributed by atoms with van der Waals surface area (Å²) in [5, 5.41) is 7.67. The molecule has 1 heterocycles. The van der Waals surface area contributed by atoms with Crippen molar-refractivity contribution in [3.8, 4) is 0 Å². The predicted octanol–water partition coefficient (Wildman–Crippen LogP) is 2.00. The maximum atomic E-state index is 13.8. The maximum Gasteiger partial charge on any atom is 0.252 e. The highest BCUT2D eigenvalue weighted by Gasteiger charge is 2.46. The first-order valence-electron chi connectivity index (χ1n) is 11.9. The fraction of sp³-hybridized carbons (Fsp3) is 0.192. The molecule has 3 N–H and O–H groups in total. The Hall–Kier alpha value is -3.98. The number of hydrogen-bond donors (Lipinski definition) is 2. The number of rotatable bonds is 9. The highest BCUT2D eigenvalue weighted by Crippen LogP contribution is 2.30. The van der Waals surface area contributed by atoms with Gasteiger partial charge in [-0.2, -0.15) is 4.31 Å². The number of sulfonamides is 2. The topological polar surface area (TPSA) is 164 Å². The molecule has 1 aliphatic heterocycles. The Morgan fingerprint density at radius 1 is 0.950 bits per heavy atom. The van der Waals surface area contributed by atoms with E-state index < -0.39 is 50.1 Å². The molecule has 14 heteroatoms. The molecule has 3 amide bonds. The van der Waals surface area contributed by atoms with Crippen molar-refractivity contribution in [2.24, 2.45) is 5.14 Å². The van der Waals surface area contributed by atoms with Gasteiger partial charge < -0.3 is 5.32 Å². The van der Waals surface area contributed by atoms with Crippen molar-refractivity contribution in [1.29, 1.82) is 0 Å². The van der Waals surface area contributed by atoms with Gasteiger partial charge in [0.05, 0.1) is 21.9 Å². The van der Waals surface area contributed by atoms with Crippen molar-refractivity contribution in [3.05, 3.63) is 84.2 Å². The first-order chi connectivity index (χ1) is 18.8. The summed E-state index contributed by atoms with van der Waals surface area (Å²) < 4.78 is 65.1. The molecule has 0 aliphatic carbocycles. The minimum Gasteiger partial charge on any atom is -0.326 e. The second kappa shape index (κ2) is 11.3. The number of carbonyl (C=O) groups excluding carboxylic acids is 3. The van der Waals surface area contributed by atoms with E-state index in [1.165, 1.54) is 67.6 Å². The van der Waals surface area contributed by atoms with Crippen LogP contribution in [0.5, 0.6) is 0 Å². The number of benzene rings is 3. The van der Waals surface area contributed by atoms with Gasteiger partial charge in [-0.05, 0) is 72.6 Å². The summed E-state index contributed by atoms with van der Waals surface area (Å²) >= 11 is 0. The van der Waals surface area contributed by atoms with Crippen LogP contribution >= 0.6 is 0 Å². The minimum absolute atomic E-state index is 0.0720. The average molecular weight is 589 g/mol. The van der Waals surface area contributed by atoms with Crippen molar-refractivity contribution >= 4 is 49.1 Å². The number of nitrogens with one attached hydrogen (secondary N) is 1. The van der Waals surface area contributed by atoms with Crippen LogP contribution in [-0.2, 0) is 40.9 Å². The normalized spacial score (nSPS) is 16.0. The molecule has 1 fully saturated rings. The Morgan fingerprint density at radius 2 is 1.52 bits per heavy atom. The van der Waals surface area contributed by atoms with E-state index in [-0.39, 0.29) is 34.4 Å². The third-order valence-corrected chi connectivity index (χ3v) is 9.06. The molecule has 0 aromatic heterocycles. The summed E-state index contributed by atoms with van der Waals surface area (Å²) in [5.74, 6) is -2.36. The lowest BCUT2D eigenvalue weighted by atomic mass is 10.1. The molecule has 0 saturated carbocycles. The van der Waals surface area contributed by atoms with Gasteiger partial charge in [-0.25, -0.2) is 31.3 Å². The first-order valence-corrected chi connectivity index (χ1v) is 14.9. The zero-order chi connectivity index (χ0) is 29.2. The van der Waals surface area contributed by atoms with Crippen LogP contribution < -0.4 is 15.4 Å². The maximum absolute atomic E-state index is 13.8. The lowest BCUT2D eigenvalue weighted by molar-refractivity contribution is -0.122. The van der Waals surface area contributed by atoms with Crippen LogP contribution in [0.15, 0.2) is 82.6 Å². The second-order valence-corrected chi connectivity index (χ2v) is 12.5. The number of imide groups is 1. The van der Waals surface area contributed by atoms with Gasteiger partial charge in [0.2, 0.25) is 31.9 Å². The molecule has 3 aromatic rings. The number of hydrogen-bond acceptors (Lipinski definition) is 7. The van der Waals surface area contributed by atoms with Gasteiger partial charge in [-0.3, -0.25) is 14.4 Å². The summed E-state index contributed by atoms with van der Waals surface area (Å²) in [6, 6.07) is 14.1. The number of anilines is 2. The molecule has 3 aromatic carbocycles. The van der Waals surface area contributed by atoms with Crippen molar-refractivity contribution in [2.45, 2.75) is 35.6 Å². The molecule has 1 unspecified atom stereocenters. The van der Waals surface area contributed by atoms with Gasteiger partial charge in [0.25, 0.3) is 5.91 Å². The fourth-order valence-corrected chi connectivity index (χ4v) is 6.38. The predicted molar refractivity (Wildman–Crippen MR) is 143 cm³/mol. The number of amides is 3. The lowest BCUT2D eigenvalue weighted by Crippen LogP contribution is -2.46. The van der Waals surface area contributed by atoms with Crippen molar-refractivity contribution in [3.63, 3.8) is 0 Å². The number of nitrogens with two attached hydrogens (primary N) is 1. The van der Waals surface area contributed by atoms with E-state index in [1.54, 1.807) is 0 Å². The van der Waals surface area contributed by atoms with Crippen LogP contribution in [0.2, 0.25) is 0 Å². The van der Waals surface area contributed by atoms with Crippen LogP contribution in [-0.4, -0.2) is 51.4 Å². The monoisotopic (exact) mass is 588 g/mol.